The van der Waals surface area contributed by atoms with Crippen molar-refractivity contribution in [2.75, 3.05) is 13.1 Å². The van der Waals surface area contributed by atoms with Crippen LogP contribution in [0, 0.1) is 0 Å². The van der Waals surface area contributed by atoms with E-state index in [1.807, 2.05) is 43.0 Å². The Kier molecular flexibility index (Phi) is 4.98. The third-order valence-electron chi connectivity index (χ3n) is 4.13. The number of hydrogen-bond acceptors (Lipinski definition) is 2. The van der Waals surface area contributed by atoms with Crippen molar-refractivity contribution in [3.63, 3.8) is 0 Å². The van der Waals surface area contributed by atoms with E-state index < -0.39 is 11.5 Å². The summed E-state index contributed by atoms with van der Waals surface area (Å²) in [5.74, 6) is -0.801. The molecule has 1 aromatic carbocycles. The van der Waals surface area contributed by atoms with E-state index in [0.29, 0.717) is 13.1 Å². The van der Waals surface area contributed by atoms with Gasteiger partial charge in [-0.3, -0.25) is 4.90 Å². The molecule has 1 aromatic rings. The van der Waals surface area contributed by atoms with Crippen LogP contribution in [0.15, 0.2) is 24.3 Å². The van der Waals surface area contributed by atoms with Crippen LogP contribution in [0.2, 0.25) is 0 Å². The van der Waals surface area contributed by atoms with Gasteiger partial charge in [0.05, 0.1) is 0 Å². The monoisotopic (exact) mass is 277 g/mol. The van der Waals surface area contributed by atoms with Crippen LogP contribution in [0.3, 0.4) is 0 Å². The van der Waals surface area contributed by atoms with Gasteiger partial charge in [0.25, 0.3) is 0 Å². The van der Waals surface area contributed by atoms with Gasteiger partial charge < -0.3 is 5.11 Å². The van der Waals surface area contributed by atoms with Crippen molar-refractivity contribution >= 4 is 5.97 Å². The van der Waals surface area contributed by atoms with Gasteiger partial charge in [0.1, 0.15) is 5.54 Å². The minimum absolute atomic E-state index is 0.0767. The summed E-state index contributed by atoms with van der Waals surface area (Å²) in [5.41, 5.74) is 1.16. The molecule has 0 bridgehead atoms. The highest BCUT2D eigenvalue weighted by molar-refractivity contribution is 5.80. The number of nitrogens with zero attached hydrogens (tertiary/aromatic N) is 1. The Bertz CT molecular complexity index is 455. The van der Waals surface area contributed by atoms with Crippen molar-refractivity contribution < 1.29 is 9.90 Å². The number of benzene rings is 1. The van der Waals surface area contributed by atoms with Gasteiger partial charge in [-0.2, -0.15) is 0 Å². The summed E-state index contributed by atoms with van der Waals surface area (Å²) >= 11 is 0. The fraction of sp³-hybridized carbons (Fsp3) is 0.588. The molecule has 0 aliphatic carbocycles. The predicted octanol–water partition coefficient (Wildman–Crippen LogP) is 3.63. The van der Waals surface area contributed by atoms with E-state index in [2.05, 4.69) is 20.8 Å². The smallest absolute Gasteiger partial charge is 0.328 e. The fourth-order valence-corrected chi connectivity index (χ4v) is 2.59. The molecule has 0 saturated carbocycles. The normalized spacial score (nSPS) is 15.2. The van der Waals surface area contributed by atoms with Crippen LogP contribution in [0.5, 0.6) is 0 Å². The maximum absolute atomic E-state index is 11.8. The zero-order valence-electron chi connectivity index (χ0n) is 13.5. The summed E-state index contributed by atoms with van der Waals surface area (Å²) in [6, 6.07) is 7.99. The predicted molar refractivity (Wildman–Crippen MR) is 83.1 cm³/mol. The molecule has 0 heterocycles. The molecule has 0 spiro atoms. The van der Waals surface area contributed by atoms with Crippen LogP contribution in [-0.2, 0) is 15.7 Å². The summed E-state index contributed by atoms with van der Waals surface area (Å²) < 4.78 is 0. The van der Waals surface area contributed by atoms with E-state index in [1.54, 1.807) is 6.92 Å². The van der Waals surface area contributed by atoms with Gasteiger partial charge in [-0.05, 0) is 36.6 Å². The highest BCUT2D eigenvalue weighted by atomic mass is 16.4. The zero-order valence-corrected chi connectivity index (χ0v) is 13.5. The van der Waals surface area contributed by atoms with Crippen LogP contribution in [0.1, 0.15) is 52.7 Å². The van der Waals surface area contributed by atoms with E-state index in [-0.39, 0.29) is 5.41 Å². The number of aliphatic carboxylic acids is 1. The second-order valence-corrected chi connectivity index (χ2v) is 6.38. The molecule has 3 nitrogen and oxygen atoms in total. The summed E-state index contributed by atoms with van der Waals surface area (Å²) in [5, 5.41) is 9.71. The third-order valence-corrected chi connectivity index (χ3v) is 4.13. The largest absolute Gasteiger partial charge is 0.480 e. The van der Waals surface area contributed by atoms with Crippen molar-refractivity contribution in [2.24, 2.45) is 0 Å². The molecule has 1 atom stereocenters. The van der Waals surface area contributed by atoms with Gasteiger partial charge in [-0.1, -0.05) is 58.9 Å². The molecule has 0 radical (unpaired) electrons. The van der Waals surface area contributed by atoms with E-state index in [0.717, 1.165) is 5.56 Å². The molecule has 1 N–H and O–H groups in total. The van der Waals surface area contributed by atoms with Gasteiger partial charge in [-0.25, -0.2) is 4.79 Å². The number of likely N-dealkylation sites (N-methyl/N-ethyl adjacent to an activating group) is 1. The van der Waals surface area contributed by atoms with Crippen LogP contribution in [0.4, 0.5) is 0 Å². The van der Waals surface area contributed by atoms with E-state index >= 15 is 0 Å². The Morgan fingerprint density at radius 3 is 1.70 bits per heavy atom. The van der Waals surface area contributed by atoms with Crippen LogP contribution >= 0.6 is 0 Å². The quantitative estimate of drug-likeness (QED) is 0.893. The highest BCUT2D eigenvalue weighted by Gasteiger charge is 2.40. The van der Waals surface area contributed by atoms with Gasteiger partial charge in [0.15, 0.2) is 0 Å². The number of carboxylic acid groups (broad SMARTS) is 1. The number of rotatable bonds is 5. The van der Waals surface area contributed by atoms with Crippen molar-refractivity contribution in [2.45, 2.75) is 52.5 Å². The molecule has 0 amide bonds. The Balaban J connectivity index is 3.27. The fourth-order valence-electron chi connectivity index (χ4n) is 2.59. The first-order valence-electron chi connectivity index (χ1n) is 7.27. The molecule has 3 heteroatoms. The lowest BCUT2D eigenvalue weighted by atomic mass is 9.83. The number of carboxylic acids is 1. The minimum Gasteiger partial charge on any atom is -0.480 e. The minimum atomic E-state index is -0.972. The zero-order chi connectivity index (χ0) is 15.6. The molecule has 0 saturated heterocycles. The Morgan fingerprint density at radius 2 is 1.40 bits per heavy atom. The lowest BCUT2D eigenvalue weighted by Crippen LogP contribution is -2.49. The average molecular weight is 277 g/mol. The molecule has 112 valence electrons. The molecule has 0 aliphatic heterocycles. The van der Waals surface area contributed by atoms with Gasteiger partial charge in [0.2, 0.25) is 0 Å². The molecular weight excluding hydrogens is 250 g/mol. The average Bonchev–Trinajstić information content (AvgIpc) is 2.38. The standard InChI is InChI=1S/C17H27NO2/c1-7-18(8-2)17(6,15(19)20)14-11-9-13(10-12-14)16(3,4)5/h9-12H,7-8H2,1-6H3,(H,19,20). The SMILES string of the molecule is CCN(CC)C(C)(C(=O)O)c1ccc(C(C)(C)C)cc1. The van der Waals surface area contributed by atoms with Crippen LogP contribution in [0.25, 0.3) is 0 Å². The second-order valence-electron chi connectivity index (χ2n) is 6.38. The second kappa shape index (κ2) is 5.96. The van der Waals surface area contributed by atoms with Gasteiger partial charge in [-0.15, -0.1) is 0 Å². The first-order chi connectivity index (χ1) is 9.17. The summed E-state index contributed by atoms with van der Waals surface area (Å²) in [6.45, 7) is 13.7. The maximum Gasteiger partial charge on any atom is 0.328 e. The van der Waals surface area contributed by atoms with E-state index in [9.17, 15) is 9.90 Å². The maximum atomic E-state index is 11.8. The first-order valence-corrected chi connectivity index (χ1v) is 7.27. The Hall–Kier alpha value is -1.35. The van der Waals surface area contributed by atoms with Crippen LogP contribution in [-0.4, -0.2) is 29.1 Å². The van der Waals surface area contributed by atoms with E-state index in [1.165, 1.54) is 5.56 Å². The molecule has 0 fully saturated rings. The topological polar surface area (TPSA) is 40.5 Å². The number of hydrogen-bond donors (Lipinski definition) is 1. The molecule has 0 aromatic heterocycles. The third kappa shape index (κ3) is 3.04. The Morgan fingerprint density at radius 1 is 1.00 bits per heavy atom. The van der Waals surface area contributed by atoms with Crippen molar-refractivity contribution in [3.05, 3.63) is 35.4 Å². The molecule has 0 aliphatic rings. The molecule has 1 rings (SSSR count). The number of carbonyl (C=O) groups is 1. The molecule has 1 unspecified atom stereocenters. The van der Waals surface area contributed by atoms with Crippen molar-refractivity contribution in [1.82, 2.24) is 4.90 Å². The van der Waals surface area contributed by atoms with Gasteiger partial charge >= 0.3 is 5.97 Å². The lowest BCUT2D eigenvalue weighted by Gasteiger charge is -2.37. The summed E-state index contributed by atoms with van der Waals surface area (Å²) in [4.78, 5) is 13.8. The first kappa shape index (κ1) is 16.7. The van der Waals surface area contributed by atoms with Crippen molar-refractivity contribution in [3.8, 4) is 0 Å². The van der Waals surface area contributed by atoms with Crippen molar-refractivity contribution in [1.29, 1.82) is 0 Å². The highest BCUT2D eigenvalue weighted by Crippen LogP contribution is 2.31. The lowest BCUT2D eigenvalue weighted by molar-refractivity contribution is -0.151. The summed E-state index contributed by atoms with van der Waals surface area (Å²) in [7, 11) is 0. The molecular formula is C17H27NO2. The van der Waals surface area contributed by atoms with Crippen LogP contribution < -0.4 is 0 Å². The van der Waals surface area contributed by atoms with E-state index in [4.69, 9.17) is 0 Å². The van der Waals surface area contributed by atoms with Gasteiger partial charge in [0, 0.05) is 0 Å². The summed E-state index contributed by atoms with van der Waals surface area (Å²) in [6.07, 6.45) is 0. The molecule has 20 heavy (non-hydrogen) atoms. The Labute approximate surface area is 122 Å².